The molecular weight excluding hydrogens is 315 g/mol. The third kappa shape index (κ3) is 2.85. The highest BCUT2D eigenvalue weighted by Crippen LogP contribution is 2.39. The van der Waals surface area contributed by atoms with Crippen LogP contribution in [0.25, 0.3) is 0 Å². The summed E-state index contributed by atoms with van der Waals surface area (Å²) in [4.78, 5) is 4.89. The van der Waals surface area contributed by atoms with Gasteiger partial charge in [-0.1, -0.05) is 6.07 Å². The van der Waals surface area contributed by atoms with Crippen molar-refractivity contribution in [3.63, 3.8) is 0 Å². The molecule has 4 rings (SSSR count). The molecule has 2 aromatic rings. The second kappa shape index (κ2) is 5.75. The lowest BCUT2D eigenvalue weighted by Gasteiger charge is -2.21. The van der Waals surface area contributed by atoms with Crippen LogP contribution in [0.15, 0.2) is 40.2 Å². The van der Waals surface area contributed by atoms with Gasteiger partial charge in [0.15, 0.2) is 0 Å². The number of phenols is 1. The van der Waals surface area contributed by atoms with Gasteiger partial charge in [-0.15, -0.1) is 0 Å². The molecular formula is C16H15FN4OS. The first-order valence-electron chi connectivity index (χ1n) is 7.32. The van der Waals surface area contributed by atoms with Crippen LogP contribution in [0.3, 0.4) is 0 Å². The zero-order valence-corrected chi connectivity index (χ0v) is 13.0. The van der Waals surface area contributed by atoms with Crippen LogP contribution in [0, 0.1) is 5.82 Å². The molecule has 0 amide bonds. The molecule has 0 spiro atoms. The molecule has 23 heavy (non-hydrogen) atoms. The number of anilines is 1. The predicted molar refractivity (Wildman–Crippen MR) is 89.6 cm³/mol. The fourth-order valence-electron chi connectivity index (χ4n) is 2.74. The van der Waals surface area contributed by atoms with Crippen LogP contribution in [-0.2, 0) is 13.0 Å². The molecule has 5 nitrogen and oxygen atoms in total. The lowest BCUT2D eigenvalue weighted by atomic mass is 10.0. The van der Waals surface area contributed by atoms with Crippen molar-refractivity contribution in [1.29, 1.82) is 0 Å². The first-order valence-corrected chi connectivity index (χ1v) is 8.14. The van der Waals surface area contributed by atoms with Crippen LogP contribution < -0.4 is 15.4 Å². The van der Waals surface area contributed by atoms with Crippen LogP contribution in [0.2, 0.25) is 0 Å². The van der Waals surface area contributed by atoms with Gasteiger partial charge in [-0.2, -0.15) is 0 Å². The van der Waals surface area contributed by atoms with Crippen molar-refractivity contribution in [2.75, 3.05) is 11.9 Å². The Morgan fingerprint density at radius 3 is 3.04 bits per heavy atom. The number of phenolic OH excluding ortho intramolecular Hbond substituents is 1. The Kier molecular flexibility index (Phi) is 3.59. The monoisotopic (exact) mass is 330 g/mol. The van der Waals surface area contributed by atoms with Gasteiger partial charge >= 0.3 is 0 Å². The molecule has 0 radical (unpaired) electrons. The summed E-state index contributed by atoms with van der Waals surface area (Å²) in [5.41, 5.74) is 3.93. The number of guanidine groups is 1. The quantitative estimate of drug-likeness (QED) is 0.606. The maximum atomic E-state index is 13.3. The SMILES string of the molecule is Oc1cc(F)cc2c1N=C(Nc1ccc3c(c1)CNCC3)NS2. The molecule has 118 valence electrons. The number of fused-ring (bicyclic) bond motifs is 2. The normalized spacial score (nSPS) is 16.0. The summed E-state index contributed by atoms with van der Waals surface area (Å²) in [5.74, 6) is -0.139. The van der Waals surface area contributed by atoms with Crippen LogP contribution in [0.5, 0.6) is 5.75 Å². The van der Waals surface area contributed by atoms with E-state index >= 15 is 0 Å². The highest BCUT2D eigenvalue weighted by atomic mass is 32.2. The molecule has 0 atom stereocenters. The number of hydrogen-bond acceptors (Lipinski definition) is 6. The van der Waals surface area contributed by atoms with E-state index in [9.17, 15) is 9.50 Å². The first-order chi connectivity index (χ1) is 11.2. The molecule has 0 bridgehead atoms. The van der Waals surface area contributed by atoms with Crippen LogP contribution >= 0.6 is 11.9 Å². The summed E-state index contributed by atoms with van der Waals surface area (Å²) in [6.45, 7) is 1.87. The lowest BCUT2D eigenvalue weighted by molar-refractivity contribution is 0.468. The van der Waals surface area contributed by atoms with Gasteiger partial charge < -0.3 is 15.7 Å². The molecule has 2 aliphatic heterocycles. The van der Waals surface area contributed by atoms with Crippen LogP contribution in [0.1, 0.15) is 11.1 Å². The van der Waals surface area contributed by atoms with E-state index in [2.05, 4.69) is 32.5 Å². The van der Waals surface area contributed by atoms with Gasteiger partial charge in [-0.3, -0.25) is 4.72 Å². The highest BCUT2D eigenvalue weighted by molar-refractivity contribution is 7.98. The largest absolute Gasteiger partial charge is 0.506 e. The molecule has 2 heterocycles. The topological polar surface area (TPSA) is 68.7 Å². The first kappa shape index (κ1) is 14.3. The maximum Gasteiger partial charge on any atom is 0.211 e. The van der Waals surface area contributed by atoms with Gasteiger partial charge in [0.2, 0.25) is 5.96 Å². The van der Waals surface area contributed by atoms with E-state index in [1.165, 1.54) is 29.1 Å². The Balaban J connectivity index is 1.61. The Morgan fingerprint density at radius 2 is 2.13 bits per heavy atom. The summed E-state index contributed by atoms with van der Waals surface area (Å²) in [6.07, 6.45) is 1.04. The molecule has 0 saturated heterocycles. The molecule has 0 unspecified atom stereocenters. The van der Waals surface area contributed by atoms with Gasteiger partial charge in [0, 0.05) is 18.3 Å². The minimum absolute atomic E-state index is 0.164. The van der Waals surface area contributed by atoms with E-state index in [1.807, 2.05) is 6.07 Å². The summed E-state index contributed by atoms with van der Waals surface area (Å²) in [7, 11) is 0. The third-order valence-corrected chi connectivity index (χ3v) is 4.68. The van der Waals surface area contributed by atoms with Crippen molar-refractivity contribution >= 4 is 29.3 Å². The number of halogens is 1. The third-order valence-electron chi connectivity index (χ3n) is 3.86. The average Bonchev–Trinajstić information content (AvgIpc) is 2.55. The van der Waals surface area contributed by atoms with Gasteiger partial charge in [0.1, 0.15) is 17.3 Å². The Bertz CT molecular complexity index is 809. The minimum Gasteiger partial charge on any atom is -0.506 e. The van der Waals surface area contributed by atoms with E-state index in [4.69, 9.17) is 0 Å². The van der Waals surface area contributed by atoms with E-state index < -0.39 is 5.82 Å². The smallest absolute Gasteiger partial charge is 0.211 e. The van der Waals surface area contributed by atoms with Crippen molar-refractivity contribution in [3.05, 3.63) is 47.3 Å². The van der Waals surface area contributed by atoms with E-state index in [-0.39, 0.29) is 5.75 Å². The second-order valence-corrected chi connectivity index (χ2v) is 6.32. The summed E-state index contributed by atoms with van der Waals surface area (Å²) in [6, 6.07) is 8.64. The highest BCUT2D eigenvalue weighted by Gasteiger charge is 2.18. The van der Waals surface area contributed by atoms with Crippen LogP contribution in [-0.4, -0.2) is 17.6 Å². The number of aromatic hydroxyl groups is 1. The molecule has 0 fully saturated rings. The Morgan fingerprint density at radius 1 is 1.22 bits per heavy atom. The zero-order valence-electron chi connectivity index (χ0n) is 12.2. The fourth-order valence-corrected chi connectivity index (χ4v) is 3.46. The maximum absolute atomic E-state index is 13.3. The van der Waals surface area contributed by atoms with Crippen molar-refractivity contribution in [1.82, 2.24) is 10.0 Å². The van der Waals surface area contributed by atoms with Crippen molar-refractivity contribution < 1.29 is 9.50 Å². The Hall–Kier alpha value is -2.25. The summed E-state index contributed by atoms with van der Waals surface area (Å²) < 4.78 is 16.3. The van der Waals surface area contributed by atoms with Crippen molar-refractivity contribution in [2.24, 2.45) is 4.99 Å². The summed E-state index contributed by atoms with van der Waals surface area (Å²) in [5, 5.41) is 16.4. The van der Waals surface area contributed by atoms with Crippen LogP contribution in [0.4, 0.5) is 15.8 Å². The number of aliphatic imine (C=N–C) groups is 1. The fraction of sp³-hybridized carbons (Fsp3) is 0.188. The minimum atomic E-state index is -0.482. The number of hydrogen-bond donors (Lipinski definition) is 4. The number of rotatable bonds is 1. The zero-order chi connectivity index (χ0) is 15.8. The number of nitrogens with zero attached hydrogens (tertiary/aromatic N) is 1. The molecule has 0 aliphatic carbocycles. The molecule has 0 aromatic heterocycles. The van der Waals surface area contributed by atoms with Gasteiger partial charge in [0.05, 0.1) is 4.90 Å². The van der Waals surface area contributed by atoms with Crippen molar-refractivity contribution in [2.45, 2.75) is 17.9 Å². The van der Waals surface area contributed by atoms with E-state index in [0.717, 1.165) is 31.3 Å². The van der Waals surface area contributed by atoms with Gasteiger partial charge in [-0.05, 0) is 54.2 Å². The molecule has 0 saturated carbocycles. The van der Waals surface area contributed by atoms with E-state index in [0.29, 0.717) is 16.5 Å². The Labute approximate surface area is 137 Å². The molecule has 2 aromatic carbocycles. The average molecular weight is 330 g/mol. The molecule has 4 N–H and O–H groups in total. The van der Waals surface area contributed by atoms with E-state index in [1.54, 1.807) is 0 Å². The van der Waals surface area contributed by atoms with Crippen molar-refractivity contribution in [3.8, 4) is 5.75 Å². The molecule has 7 heteroatoms. The number of benzene rings is 2. The van der Waals surface area contributed by atoms with Gasteiger partial charge in [-0.25, -0.2) is 9.38 Å². The molecule has 2 aliphatic rings. The number of nitrogens with one attached hydrogen (secondary N) is 3. The second-order valence-electron chi connectivity index (χ2n) is 5.47. The lowest BCUT2D eigenvalue weighted by Crippen LogP contribution is -2.27. The van der Waals surface area contributed by atoms with Gasteiger partial charge in [0.25, 0.3) is 0 Å². The summed E-state index contributed by atoms with van der Waals surface area (Å²) >= 11 is 1.22. The standard InChI is InChI=1S/C16H15FN4OS/c17-11-6-13(22)15-14(7-11)23-21-16(20-15)19-12-2-1-9-3-4-18-8-10(9)5-12/h1-2,5-7,18,22H,3-4,8H2,(H2,19,20,21). The predicted octanol–water partition coefficient (Wildman–Crippen LogP) is 2.89.